The van der Waals surface area contributed by atoms with Crippen molar-refractivity contribution >= 4 is 29.1 Å². The van der Waals surface area contributed by atoms with Crippen LogP contribution in [0.25, 0.3) is 0 Å². The van der Waals surface area contributed by atoms with E-state index in [4.69, 9.17) is 12.2 Å². The fraction of sp³-hybridized carbons (Fsp3) is 0.364. The Morgan fingerprint density at radius 1 is 1.47 bits per heavy atom. The average Bonchev–Trinajstić information content (AvgIpc) is 2.29. The van der Waals surface area contributed by atoms with Crippen LogP contribution in [0.3, 0.4) is 0 Å². The predicted octanol–water partition coefficient (Wildman–Crippen LogP) is 2.32. The largest absolute Gasteiger partial charge is 0.366 e. The van der Waals surface area contributed by atoms with Crippen LogP contribution in [0.1, 0.15) is 18.0 Å². The van der Waals surface area contributed by atoms with Gasteiger partial charge in [0.25, 0.3) is 0 Å². The smallest absolute Gasteiger partial charge is 0.166 e. The van der Waals surface area contributed by atoms with E-state index in [1.165, 1.54) is 10.5 Å². The Hall–Kier alpha value is -0.740. The van der Waals surface area contributed by atoms with Crippen molar-refractivity contribution in [1.82, 2.24) is 10.6 Å². The van der Waals surface area contributed by atoms with Crippen LogP contribution < -0.4 is 10.6 Å². The molecule has 0 radical (unpaired) electrons. The van der Waals surface area contributed by atoms with Gasteiger partial charge in [0.05, 0.1) is 6.04 Å². The zero-order valence-corrected chi connectivity index (χ0v) is 10.3. The van der Waals surface area contributed by atoms with Crippen molar-refractivity contribution in [2.24, 2.45) is 0 Å². The van der Waals surface area contributed by atoms with E-state index >= 15 is 0 Å². The molecular weight excluding hydrogens is 224 g/mol. The second-order valence-corrected chi connectivity index (χ2v) is 5.00. The summed E-state index contributed by atoms with van der Waals surface area (Å²) < 4.78 is 0. The van der Waals surface area contributed by atoms with E-state index in [1.54, 1.807) is 0 Å². The van der Waals surface area contributed by atoms with Crippen molar-refractivity contribution in [2.75, 3.05) is 12.8 Å². The molecule has 2 nitrogen and oxygen atoms in total. The van der Waals surface area contributed by atoms with E-state index in [1.807, 2.05) is 18.8 Å². The third-order valence-corrected chi connectivity index (χ3v) is 3.94. The molecule has 0 saturated heterocycles. The summed E-state index contributed by atoms with van der Waals surface area (Å²) in [6, 6.07) is 8.89. The van der Waals surface area contributed by atoms with Gasteiger partial charge in [0.1, 0.15) is 0 Å². The molecule has 1 aliphatic heterocycles. The maximum atomic E-state index is 5.14. The molecule has 15 heavy (non-hydrogen) atoms. The highest BCUT2D eigenvalue weighted by molar-refractivity contribution is 7.99. The first kappa shape index (κ1) is 10.8. The monoisotopic (exact) mass is 238 g/mol. The molecule has 2 N–H and O–H groups in total. The highest BCUT2D eigenvalue weighted by Gasteiger charge is 2.20. The van der Waals surface area contributed by atoms with Crippen LogP contribution in [-0.4, -0.2) is 17.9 Å². The zero-order valence-electron chi connectivity index (χ0n) is 8.62. The summed E-state index contributed by atoms with van der Waals surface area (Å²) in [6.07, 6.45) is 1.13. The van der Waals surface area contributed by atoms with Gasteiger partial charge in [-0.2, -0.15) is 0 Å². The topological polar surface area (TPSA) is 24.1 Å². The van der Waals surface area contributed by atoms with E-state index in [-0.39, 0.29) is 0 Å². The number of benzene rings is 1. The fourth-order valence-electron chi connectivity index (χ4n) is 1.72. The Balaban J connectivity index is 2.18. The van der Waals surface area contributed by atoms with Crippen molar-refractivity contribution in [3.8, 4) is 0 Å². The Labute approximate surface area is 99.8 Å². The molecule has 1 aromatic carbocycles. The van der Waals surface area contributed by atoms with Gasteiger partial charge in [0.15, 0.2) is 5.11 Å². The van der Waals surface area contributed by atoms with Gasteiger partial charge in [0, 0.05) is 17.7 Å². The number of nitrogens with one attached hydrogen (secondary N) is 2. The van der Waals surface area contributed by atoms with Crippen LogP contribution in [0.5, 0.6) is 0 Å². The molecule has 1 atom stereocenters. The van der Waals surface area contributed by atoms with E-state index in [0.717, 1.165) is 17.3 Å². The highest BCUT2D eigenvalue weighted by atomic mass is 32.2. The van der Waals surface area contributed by atoms with Crippen molar-refractivity contribution in [3.05, 3.63) is 29.8 Å². The second kappa shape index (κ2) is 4.86. The van der Waals surface area contributed by atoms with Gasteiger partial charge in [0.2, 0.25) is 0 Å². The Morgan fingerprint density at radius 2 is 2.27 bits per heavy atom. The van der Waals surface area contributed by atoms with Crippen LogP contribution in [-0.2, 0) is 0 Å². The third-order valence-electron chi connectivity index (χ3n) is 2.49. The Bertz CT molecular complexity index is 365. The summed E-state index contributed by atoms with van der Waals surface area (Å²) in [6.45, 7) is 0. The average molecular weight is 238 g/mol. The van der Waals surface area contributed by atoms with Crippen LogP contribution in [0, 0.1) is 0 Å². The molecule has 0 spiro atoms. The second-order valence-electron chi connectivity index (χ2n) is 3.45. The lowest BCUT2D eigenvalue weighted by Gasteiger charge is -2.26. The van der Waals surface area contributed by atoms with E-state index in [0.29, 0.717) is 6.04 Å². The van der Waals surface area contributed by atoms with Crippen LogP contribution in [0.2, 0.25) is 0 Å². The molecule has 0 aliphatic carbocycles. The van der Waals surface area contributed by atoms with Gasteiger partial charge in [-0.15, -0.1) is 11.8 Å². The summed E-state index contributed by atoms with van der Waals surface area (Å²) in [4.78, 5) is 1.38. The number of hydrogen-bond donors (Lipinski definition) is 2. The Kier molecular flexibility index (Phi) is 3.49. The number of fused-ring (bicyclic) bond motifs is 1. The molecule has 0 fully saturated rings. The van der Waals surface area contributed by atoms with Gasteiger partial charge in [-0.1, -0.05) is 18.2 Å². The molecule has 1 aromatic rings. The van der Waals surface area contributed by atoms with Crippen LogP contribution in [0.15, 0.2) is 29.2 Å². The molecule has 0 unspecified atom stereocenters. The summed E-state index contributed by atoms with van der Waals surface area (Å²) in [5.41, 5.74) is 1.37. The lowest BCUT2D eigenvalue weighted by atomic mass is 10.0. The summed E-state index contributed by atoms with van der Waals surface area (Å²) in [5.74, 6) is 1.15. The minimum absolute atomic E-state index is 0.363. The molecule has 4 heteroatoms. The quantitative estimate of drug-likeness (QED) is 0.733. The molecule has 1 heterocycles. The third kappa shape index (κ3) is 2.44. The van der Waals surface area contributed by atoms with Gasteiger partial charge in [-0.3, -0.25) is 0 Å². The molecule has 0 aromatic heterocycles. The molecule has 0 amide bonds. The van der Waals surface area contributed by atoms with E-state index in [9.17, 15) is 0 Å². The van der Waals surface area contributed by atoms with Crippen molar-refractivity contribution in [2.45, 2.75) is 17.4 Å². The SMILES string of the molecule is CNC(=S)N[C@@H]1CCSc2ccccc21. The van der Waals surface area contributed by atoms with Gasteiger partial charge in [-0.05, 0) is 30.3 Å². The maximum absolute atomic E-state index is 5.14. The molecule has 80 valence electrons. The van der Waals surface area contributed by atoms with Gasteiger partial charge < -0.3 is 10.6 Å². The van der Waals surface area contributed by atoms with Gasteiger partial charge in [-0.25, -0.2) is 0 Å². The zero-order chi connectivity index (χ0) is 10.7. The minimum Gasteiger partial charge on any atom is -0.366 e. The van der Waals surface area contributed by atoms with Gasteiger partial charge >= 0.3 is 0 Å². The fourth-order valence-corrected chi connectivity index (χ4v) is 2.99. The summed E-state index contributed by atoms with van der Waals surface area (Å²) >= 11 is 7.06. The Morgan fingerprint density at radius 3 is 3.07 bits per heavy atom. The molecule has 0 saturated carbocycles. The summed E-state index contributed by atoms with van der Waals surface area (Å²) in [7, 11) is 1.85. The number of thiocarbonyl (C=S) groups is 1. The predicted molar refractivity (Wildman–Crippen MR) is 69.3 cm³/mol. The normalized spacial score (nSPS) is 19.1. The lowest BCUT2D eigenvalue weighted by Crippen LogP contribution is -2.36. The van der Waals surface area contributed by atoms with Crippen molar-refractivity contribution in [3.63, 3.8) is 0 Å². The number of rotatable bonds is 1. The molecule has 2 rings (SSSR count). The van der Waals surface area contributed by atoms with E-state index in [2.05, 4.69) is 34.9 Å². The standard InChI is InChI=1S/C11H14N2S2/c1-12-11(14)13-9-6-7-15-10-5-3-2-4-8(9)10/h2-5,9H,6-7H2,1H3,(H2,12,13,14)/t9-/m1/s1. The van der Waals surface area contributed by atoms with Crippen molar-refractivity contribution < 1.29 is 0 Å². The minimum atomic E-state index is 0.363. The first-order chi connectivity index (χ1) is 7.31. The first-order valence-corrected chi connectivity index (χ1v) is 6.40. The number of thioether (sulfide) groups is 1. The lowest BCUT2D eigenvalue weighted by molar-refractivity contribution is 0.607. The number of hydrogen-bond acceptors (Lipinski definition) is 2. The molecule has 0 bridgehead atoms. The highest BCUT2D eigenvalue weighted by Crippen LogP contribution is 2.35. The first-order valence-electron chi connectivity index (χ1n) is 5.01. The molecule has 1 aliphatic rings. The van der Waals surface area contributed by atoms with Crippen molar-refractivity contribution in [1.29, 1.82) is 0 Å². The van der Waals surface area contributed by atoms with E-state index < -0.39 is 0 Å². The maximum Gasteiger partial charge on any atom is 0.166 e. The summed E-state index contributed by atoms with van der Waals surface area (Å²) in [5, 5.41) is 7.01. The van der Waals surface area contributed by atoms with Crippen LogP contribution in [0.4, 0.5) is 0 Å². The van der Waals surface area contributed by atoms with Crippen LogP contribution >= 0.6 is 24.0 Å². The molecular formula is C11H14N2S2.